The van der Waals surface area contributed by atoms with Crippen LogP contribution in [0.1, 0.15) is 155 Å². The molecule has 4 N–H and O–H groups in total. The van der Waals surface area contributed by atoms with E-state index < -0.39 is 36.7 Å². The minimum Gasteiger partial charge on any atom is -0.463 e. The van der Waals surface area contributed by atoms with Crippen molar-refractivity contribution in [3.63, 3.8) is 0 Å². The molecule has 0 aromatic rings. The zero-order valence-corrected chi connectivity index (χ0v) is 29.6. The molecular weight excluding hydrogens is 600 g/mol. The van der Waals surface area contributed by atoms with Gasteiger partial charge < -0.3 is 34.6 Å². The van der Waals surface area contributed by atoms with Gasteiger partial charge in [-0.1, -0.05) is 128 Å². The Morgan fingerprint density at radius 2 is 1.28 bits per heavy atom. The van der Waals surface area contributed by atoms with Crippen molar-refractivity contribution in [1.29, 1.82) is 0 Å². The number of hydrogen-bond donors (Lipinski definition) is 4. The fraction of sp³-hybridized carbons (Fsp3) is 0.842. The van der Waals surface area contributed by atoms with E-state index in [1.807, 2.05) is 12.2 Å². The molecule has 0 radical (unpaired) electrons. The van der Waals surface area contributed by atoms with E-state index in [0.29, 0.717) is 32.1 Å². The lowest BCUT2D eigenvalue weighted by Gasteiger charge is -2.36. The molecule has 0 spiro atoms. The monoisotopic (exact) mass is 668 g/mol. The second-order valence-electron chi connectivity index (χ2n) is 13.2. The average Bonchev–Trinajstić information content (AvgIpc) is 3.04. The van der Waals surface area contributed by atoms with Crippen LogP contribution in [0.15, 0.2) is 24.3 Å². The highest BCUT2D eigenvalue weighted by Gasteiger charge is 2.35. The standard InChI is InChI=1S/C38H68O9/c1-3-5-7-8-9-10-11-12-13-14-15-20-24-36(42)45-29-32(40)30-46-37(43)25-21-17-16-19-23-33-34(41)28-38(44)47-35(33)27-26-31(39)22-18-6-4-2/h16,19,26-27,31-35,38-41,44H,3-15,17-18,20-25,28-30H2,1-2H3/b19-16-,27-26+/t31-,32+,33-,34-,35+,38?/m0/s1. The first-order chi connectivity index (χ1) is 22.8. The predicted octanol–water partition coefficient (Wildman–Crippen LogP) is 7.22. The molecule has 1 aliphatic heterocycles. The lowest BCUT2D eigenvalue weighted by molar-refractivity contribution is -0.199. The third kappa shape index (κ3) is 24.1. The van der Waals surface area contributed by atoms with Crippen molar-refractivity contribution in [1.82, 2.24) is 0 Å². The van der Waals surface area contributed by atoms with E-state index in [4.69, 9.17) is 14.2 Å². The van der Waals surface area contributed by atoms with Gasteiger partial charge in [0.25, 0.3) is 0 Å². The molecule has 1 aliphatic rings. The van der Waals surface area contributed by atoms with Crippen molar-refractivity contribution in [2.45, 2.75) is 186 Å². The number of ether oxygens (including phenoxy) is 3. The molecule has 1 rings (SSSR count). The number of aliphatic hydroxyl groups excluding tert-OH is 4. The second kappa shape index (κ2) is 29.2. The van der Waals surface area contributed by atoms with E-state index in [9.17, 15) is 30.0 Å². The number of carbonyl (C=O) groups excluding carboxylic acids is 2. The van der Waals surface area contributed by atoms with Gasteiger partial charge in [0.2, 0.25) is 0 Å². The van der Waals surface area contributed by atoms with Crippen LogP contribution in [0, 0.1) is 5.92 Å². The van der Waals surface area contributed by atoms with Crippen LogP contribution in [0.4, 0.5) is 0 Å². The molecule has 1 saturated heterocycles. The summed E-state index contributed by atoms with van der Waals surface area (Å²) < 4.78 is 15.9. The Morgan fingerprint density at radius 1 is 0.745 bits per heavy atom. The van der Waals surface area contributed by atoms with Crippen molar-refractivity contribution >= 4 is 11.9 Å². The van der Waals surface area contributed by atoms with Crippen LogP contribution in [-0.2, 0) is 23.8 Å². The molecule has 6 atom stereocenters. The maximum absolute atomic E-state index is 12.1. The number of rotatable bonds is 29. The van der Waals surface area contributed by atoms with E-state index in [0.717, 1.165) is 38.5 Å². The predicted molar refractivity (Wildman–Crippen MR) is 186 cm³/mol. The van der Waals surface area contributed by atoms with E-state index in [-0.39, 0.29) is 37.9 Å². The molecule has 1 heterocycles. The number of esters is 2. The molecule has 9 heteroatoms. The molecule has 0 bridgehead atoms. The zero-order valence-electron chi connectivity index (χ0n) is 29.6. The average molecular weight is 669 g/mol. The van der Waals surface area contributed by atoms with Crippen LogP contribution in [0.3, 0.4) is 0 Å². The Kier molecular flexibility index (Phi) is 26.8. The first-order valence-electron chi connectivity index (χ1n) is 18.8. The van der Waals surface area contributed by atoms with E-state index in [1.54, 1.807) is 12.2 Å². The smallest absolute Gasteiger partial charge is 0.305 e. The summed E-state index contributed by atoms with van der Waals surface area (Å²) in [5.74, 6) is -1.01. The molecule has 0 aliphatic carbocycles. The first-order valence-corrected chi connectivity index (χ1v) is 18.8. The summed E-state index contributed by atoms with van der Waals surface area (Å²) >= 11 is 0. The Morgan fingerprint density at radius 3 is 1.87 bits per heavy atom. The minimum atomic E-state index is -1.05. The normalized spacial score (nSPS) is 21.3. The van der Waals surface area contributed by atoms with Crippen LogP contribution in [0.2, 0.25) is 0 Å². The van der Waals surface area contributed by atoms with Gasteiger partial charge in [-0.15, -0.1) is 0 Å². The molecule has 0 amide bonds. The molecule has 0 saturated carbocycles. The zero-order chi connectivity index (χ0) is 34.5. The lowest BCUT2D eigenvalue weighted by Crippen LogP contribution is -2.43. The number of carbonyl (C=O) groups is 2. The Hall–Kier alpha value is -1.78. The van der Waals surface area contributed by atoms with Crippen LogP contribution in [-0.4, -0.2) is 76.3 Å². The number of aliphatic hydroxyl groups is 4. The van der Waals surface area contributed by atoms with Gasteiger partial charge >= 0.3 is 11.9 Å². The highest BCUT2D eigenvalue weighted by Crippen LogP contribution is 2.29. The van der Waals surface area contributed by atoms with E-state index in [1.165, 1.54) is 57.8 Å². The molecule has 0 aromatic heterocycles. The van der Waals surface area contributed by atoms with Gasteiger partial charge in [0.15, 0.2) is 6.29 Å². The number of unbranched alkanes of at least 4 members (excludes halogenated alkanes) is 14. The molecule has 1 unspecified atom stereocenters. The largest absolute Gasteiger partial charge is 0.463 e. The molecular formula is C38H68O9. The van der Waals surface area contributed by atoms with Gasteiger partial charge in [0.05, 0.1) is 18.3 Å². The topological polar surface area (TPSA) is 143 Å². The maximum atomic E-state index is 12.1. The van der Waals surface area contributed by atoms with Crippen molar-refractivity contribution in [3.05, 3.63) is 24.3 Å². The lowest BCUT2D eigenvalue weighted by atomic mass is 9.87. The molecule has 9 nitrogen and oxygen atoms in total. The highest BCUT2D eigenvalue weighted by molar-refractivity contribution is 5.69. The Labute approximate surface area is 285 Å². The van der Waals surface area contributed by atoms with Crippen molar-refractivity contribution < 1.29 is 44.2 Å². The van der Waals surface area contributed by atoms with Crippen molar-refractivity contribution in [2.24, 2.45) is 5.92 Å². The van der Waals surface area contributed by atoms with Gasteiger partial charge in [0, 0.05) is 25.2 Å². The summed E-state index contributed by atoms with van der Waals surface area (Å²) in [6, 6.07) is 0. The van der Waals surface area contributed by atoms with Crippen LogP contribution in [0.5, 0.6) is 0 Å². The van der Waals surface area contributed by atoms with Crippen LogP contribution < -0.4 is 0 Å². The highest BCUT2D eigenvalue weighted by atomic mass is 16.6. The molecule has 274 valence electrons. The third-order valence-electron chi connectivity index (χ3n) is 8.73. The van der Waals surface area contributed by atoms with E-state index >= 15 is 0 Å². The van der Waals surface area contributed by atoms with E-state index in [2.05, 4.69) is 13.8 Å². The molecule has 1 fully saturated rings. The molecule has 47 heavy (non-hydrogen) atoms. The second-order valence-corrected chi connectivity index (χ2v) is 13.2. The summed E-state index contributed by atoms with van der Waals surface area (Å²) in [5.41, 5.74) is 0. The number of allylic oxidation sites excluding steroid dienone is 2. The maximum Gasteiger partial charge on any atom is 0.305 e. The minimum absolute atomic E-state index is 0.137. The summed E-state index contributed by atoms with van der Waals surface area (Å²) in [6.07, 6.45) is 24.3. The summed E-state index contributed by atoms with van der Waals surface area (Å²) in [4.78, 5) is 24.0. The van der Waals surface area contributed by atoms with Gasteiger partial charge in [0.1, 0.15) is 19.3 Å². The fourth-order valence-electron chi connectivity index (χ4n) is 5.77. The Balaban J connectivity index is 2.12. The SMILES string of the molecule is CCCCCCCCCCCCCCC(=O)OC[C@@H](O)COC(=O)CCC/C=C\C[C@H]1[C@@H](O)CC(O)O[C@@H]1/C=C/[C@@H](O)CCCCC. The number of hydrogen-bond acceptors (Lipinski definition) is 9. The first kappa shape index (κ1) is 43.2. The van der Waals surface area contributed by atoms with Crippen LogP contribution in [0.25, 0.3) is 0 Å². The van der Waals surface area contributed by atoms with Gasteiger partial charge in [-0.25, -0.2) is 0 Å². The van der Waals surface area contributed by atoms with Gasteiger partial charge in [-0.3, -0.25) is 9.59 Å². The molecule has 0 aromatic carbocycles. The van der Waals surface area contributed by atoms with Gasteiger partial charge in [-0.2, -0.15) is 0 Å². The van der Waals surface area contributed by atoms with Gasteiger partial charge in [-0.05, 0) is 32.1 Å². The summed E-state index contributed by atoms with van der Waals surface area (Å²) in [5, 5.41) is 40.7. The van der Waals surface area contributed by atoms with Crippen molar-refractivity contribution in [3.8, 4) is 0 Å². The summed E-state index contributed by atoms with van der Waals surface area (Å²) in [7, 11) is 0. The summed E-state index contributed by atoms with van der Waals surface area (Å²) in [6.45, 7) is 3.95. The quantitative estimate of drug-likeness (QED) is 0.0369. The fourth-order valence-corrected chi connectivity index (χ4v) is 5.77. The van der Waals surface area contributed by atoms with Crippen LogP contribution >= 0.6 is 0 Å². The van der Waals surface area contributed by atoms with Crippen molar-refractivity contribution in [2.75, 3.05) is 13.2 Å². The Bertz CT molecular complexity index is 830. The third-order valence-corrected chi connectivity index (χ3v) is 8.73.